The standard InChI is InChI=1S/C19H25N2O7P/c22-17(23)11-20-15-8-4-3-5-13(15)9-10-16(19(20)25)21(12-29(26,27)28)18(24)14-6-1-2-7-14/h3-5,8,14,16H,1-2,6-7,9-12H2,(H,22,23)(H2,26,27,28). The molecule has 1 aromatic carbocycles. The number of anilines is 1. The number of aryl methyl sites for hydroxylation is 1. The lowest BCUT2D eigenvalue weighted by atomic mass is 10.0. The zero-order valence-electron chi connectivity index (χ0n) is 15.9. The van der Waals surface area contributed by atoms with Crippen molar-refractivity contribution in [3.8, 4) is 0 Å². The van der Waals surface area contributed by atoms with E-state index in [1.165, 1.54) is 0 Å². The number of hydrogen-bond donors (Lipinski definition) is 3. The minimum atomic E-state index is -4.63. The molecular weight excluding hydrogens is 399 g/mol. The van der Waals surface area contributed by atoms with Gasteiger partial charge in [-0.1, -0.05) is 31.0 Å². The zero-order chi connectivity index (χ0) is 21.2. The normalized spacial score (nSPS) is 20.3. The topological polar surface area (TPSA) is 135 Å². The summed E-state index contributed by atoms with van der Waals surface area (Å²) < 4.78 is 11.8. The highest BCUT2D eigenvalue weighted by Crippen LogP contribution is 2.39. The molecule has 3 rings (SSSR count). The van der Waals surface area contributed by atoms with Crippen LogP contribution in [0.25, 0.3) is 0 Å². The van der Waals surface area contributed by atoms with Crippen molar-refractivity contribution in [1.29, 1.82) is 0 Å². The fourth-order valence-electron chi connectivity index (χ4n) is 4.21. The van der Waals surface area contributed by atoms with E-state index in [-0.39, 0.29) is 12.3 Å². The van der Waals surface area contributed by atoms with Crippen LogP contribution in [-0.4, -0.2) is 56.4 Å². The Labute approximate surface area is 168 Å². The highest BCUT2D eigenvalue weighted by Gasteiger charge is 2.41. The van der Waals surface area contributed by atoms with Crippen molar-refractivity contribution in [2.24, 2.45) is 5.92 Å². The summed E-state index contributed by atoms with van der Waals surface area (Å²) in [5.41, 5.74) is 1.21. The Balaban J connectivity index is 1.98. The second-order valence-corrected chi connectivity index (χ2v) is 9.21. The van der Waals surface area contributed by atoms with E-state index in [9.17, 15) is 33.8 Å². The van der Waals surface area contributed by atoms with Gasteiger partial charge < -0.3 is 19.8 Å². The largest absolute Gasteiger partial charge is 0.480 e. The number of para-hydroxylation sites is 1. The molecular formula is C19H25N2O7P. The van der Waals surface area contributed by atoms with Crippen LogP contribution in [0.1, 0.15) is 37.7 Å². The molecule has 1 atom stereocenters. The molecule has 1 aliphatic carbocycles. The number of carboxylic acid groups (broad SMARTS) is 1. The number of carboxylic acids is 1. The molecule has 10 heteroatoms. The van der Waals surface area contributed by atoms with Crippen molar-refractivity contribution in [2.75, 3.05) is 17.7 Å². The van der Waals surface area contributed by atoms with Gasteiger partial charge in [-0.2, -0.15) is 0 Å². The summed E-state index contributed by atoms with van der Waals surface area (Å²) in [5, 5.41) is 9.30. The van der Waals surface area contributed by atoms with Crippen molar-refractivity contribution in [2.45, 2.75) is 44.6 Å². The van der Waals surface area contributed by atoms with Crippen LogP contribution >= 0.6 is 7.60 Å². The third-order valence-electron chi connectivity index (χ3n) is 5.51. The Morgan fingerprint density at radius 2 is 1.79 bits per heavy atom. The Morgan fingerprint density at radius 1 is 1.14 bits per heavy atom. The van der Waals surface area contributed by atoms with E-state index in [2.05, 4.69) is 0 Å². The van der Waals surface area contributed by atoms with Crippen LogP contribution in [0.5, 0.6) is 0 Å². The van der Waals surface area contributed by atoms with Gasteiger partial charge in [-0.25, -0.2) is 0 Å². The highest BCUT2D eigenvalue weighted by molar-refractivity contribution is 7.51. The first kappa shape index (κ1) is 21.5. The van der Waals surface area contributed by atoms with E-state index >= 15 is 0 Å². The fourth-order valence-corrected chi connectivity index (χ4v) is 4.95. The molecule has 3 N–H and O–H groups in total. The van der Waals surface area contributed by atoms with E-state index < -0.39 is 44.3 Å². The van der Waals surface area contributed by atoms with Gasteiger partial charge in [0.15, 0.2) is 0 Å². The van der Waals surface area contributed by atoms with Gasteiger partial charge in [0.05, 0.1) is 0 Å². The number of nitrogens with zero attached hydrogens (tertiary/aromatic N) is 2. The number of rotatable bonds is 6. The molecule has 1 aliphatic heterocycles. The summed E-state index contributed by atoms with van der Waals surface area (Å²) in [6.07, 6.45) is 2.66. The van der Waals surface area contributed by atoms with Crippen molar-refractivity contribution in [1.82, 2.24) is 4.90 Å². The molecule has 29 heavy (non-hydrogen) atoms. The molecule has 0 bridgehead atoms. The molecule has 1 aromatic rings. The number of carbonyl (C=O) groups is 3. The number of hydrogen-bond acceptors (Lipinski definition) is 4. The van der Waals surface area contributed by atoms with Crippen molar-refractivity contribution in [3.05, 3.63) is 29.8 Å². The Hall–Kier alpha value is -2.22. The summed E-state index contributed by atoms with van der Waals surface area (Å²) in [6, 6.07) is 5.77. The monoisotopic (exact) mass is 424 g/mol. The Kier molecular flexibility index (Phi) is 6.41. The molecule has 1 unspecified atom stereocenters. The molecule has 158 valence electrons. The predicted octanol–water partition coefficient (Wildman–Crippen LogP) is 1.57. The zero-order valence-corrected chi connectivity index (χ0v) is 16.8. The van der Waals surface area contributed by atoms with Crippen LogP contribution in [-0.2, 0) is 25.4 Å². The highest BCUT2D eigenvalue weighted by atomic mass is 31.2. The van der Waals surface area contributed by atoms with Crippen LogP contribution in [0, 0.1) is 5.92 Å². The van der Waals surface area contributed by atoms with Crippen LogP contribution in [0.3, 0.4) is 0 Å². The summed E-state index contributed by atoms with van der Waals surface area (Å²) in [4.78, 5) is 59.0. The maximum absolute atomic E-state index is 13.3. The fraction of sp³-hybridized carbons (Fsp3) is 0.526. The molecule has 2 amide bonds. The van der Waals surface area contributed by atoms with Gasteiger partial charge in [-0.3, -0.25) is 23.8 Å². The van der Waals surface area contributed by atoms with Gasteiger partial charge >= 0.3 is 13.6 Å². The molecule has 0 saturated heterocycles. The number of aliphatic carboxylic acids is 1. The third-order valence-corrected chi connectivity index (χ3v) is 6.19. The summed E-state index contributed by atoms with van der Waals surface area (Å²) >= 11 is 0. The molecule has 1 heterocycles. The lowest BCUT2D eigenvalue weighted by Gasteiger charge is -2.34. The number of fused-ring (bicyclic) bond motifs is 1. The second-order valence-electron chi connectivity index (χ2n) is 7.60. The molecule has 2 aliphatic rings. The van der Waals surface area contributed by atoms with Crippen LogP contribution in [0.4, 0.5) is 5.69 Å². The molecule has 1 fully saturated rings. The van der Waals surface area contributed by atoms with E-state index in [0.29, 0.717) is 24.9 Å². The smallest absolute Gasteiger partial charge is 0.344 e. The van der Waals surface area contributed by atoms with Gasteiger partial charge in [0.25, 0.3) is 0 Å². The maximum atomic E-state index is 13.3. The van der Waals surface area contributed by atoms with E-state index in [0.717, 1.165) is 28.2 Å². The Bertz CT molecular complexity index is 847. The number of carbonyl (C=O) groups excluding carboxylic acids is 2. The SMILES string of the molecule is O=C(O)CN1C(=O)C(N(CP(=O)(O)O)C(=O)C2CCCC2)CCc2ccccc21. The van der Waals surface area contributed by atoms with Crippen LogP contribution < -0.4 is 4.90 Å². The first-order valence-corrected chi connectivity index (χ1v) is 11.4. The summed E-state index contributed by atoms with van der Waals surface area (Å²) in [5.74, 6) is -2.65. The maximum Gasteiger partial charge on any atom is 0.344 e. The van der Waals surface area contributed by atoms with Gasteiger partial charge in [0.1, 0.15) is 18.9 Å². The van der Waals surface area contributed by atoms with E-state index in [1.54, 1.807) is 24.3 Å². The quantitative estimate of drug-likeness (QED) is 0.590. The van der Waals surface area contributed by atoms with Crippen molar-refractivity contribution in [3.63, 3.8) is 0 Å². The number of amides is 2. The first-order chi connectivity index (χ1) is 13.7. The minimum absolute atomic E-state index is 0.171. The van der Waals surface area contributed by atoms with Crippen molar-refractivity contribution < 1.29 is 33.8 Å². The van der Waals surface area contributed by atoms with Gasteiger partial charge in [-0.15, -0.1) is 0 Å². The van der Waals surface area contributed by atoms with Gasteiger partial charge in [0, 0.05) is 11.6 Å². The predicted molar refractivity (Wildman–Crippen MR) is 104 cm³/mol. The molecule has 0 aromatic heterocycles. The molecule has 0 radical (unpaired) electrons. The summed E-state index contributed by atoms with van der Waals surface area (Å²) in [6.45, 7) is -0.590. The molecule has 0 spiro atoms. The molecule has 1 saturated carbocycles. The number of benzene rings is 1. The van der Waals surface area contributed by atoms with Gasteiger partial charge in [0.2, 0.25) is 11.8 Å². The first-order valence-electron chi connectivity index (χ1n) is 9.63. The molecule has 9 nitrogen and oxygen atoms in total. The van der Waals surface area contributed by atoms with E-state index in [4.69, 9.17) is 0 Å². The van der Waals surface area contributed by atoms with Crippen LogP contribution in [0.2, 0.25) is 0 Å². The lowest BCUT2D eigenvalue weighted by molar-refractivity contribution is -0.142. The lowest BCUT2D eigenvalue weighted by Crippen LogP contribution is -2.53. The van der Waals surface area contributed by atoms with Gasteiger partial charge in [-0.05, 0) is 37.3 Å². The Morgan fingerprint density at radius 3 is 2.41 bits per heavy atom. The van der Waals surface area contributed by atoms with Crippen LogP contribution in [0.15, 0.2) is 24.3 Å². The third kappa shape index (κ3) is 5.04. The average Bonchev–Trinajstić information content (AvgIpc) is 3.14. The van der Waals surface area contributed by atoms with Crippen molar-refractivity contribution >= 4 is 31.1 Å². The van der Waals surface area contributed by atoms with E-state index in [1.807, 2.05) is 0 Å². The average molecular weight is 424 g/mol. The summed E-state index contributed by atoms with van der Waals surface area (Å²) in [7, 11) is -4.63. The second kappa shape index (κ2) is 8.65. The minimum Gasteiger partial charge on any atom is -0.480 e.